The maximum atomic E-state index is 5.72. The Morgan fingerprint density at radius 2 is 2.12 bits per heavy atom. The van der Waals surface area contributed by atoms with E-state index in [9.17, 15) is 0 Å². The van der Waals surface area contributed by atoms with E-state index in [1.165, 1.54) is 0 Å². The third-order valence-electron chi connectivity index (χ3n) is 3.16. The molecule has 1 fully saturated rings. The maximum absolute atomic E-state index is 5.72. The summed E-state index contributed by atoms with van der Waals surface area (Å²) in [4.78, 5) is 0. The zero-order chi connectivity index (χ0) is 12.3. The highest BCUT2D eigenvalue weighted by Gasteiger charge is 2.28. The quantitative estimate of drug-likeness (QED) is 0.873. The van der Waals surface area contributed by atoms with Crippen molar-refractivity contribution in [2.24, 2.45) is 0 Å². The lowest BCUT2D eigenvalue weighted by atomic mass is 9.94. The van der Waals surface area contributed by atoms with E-state index in [0.29, 0.717) is 6.04 Å². The van der Waals surface area contributed by atoms with Crippen LogP contribution in [0.4, 0.5) is 5.69 Å². The number of nitrogens with one attached hydrogen (secondary N) is 1. The first kappa shape index (κ1) is 12.2. The summed E-state index contributed by atoms with van der Waals surface area (Å²) in [6, 6.07) is 8.50. The molecule has 1 unspecified atom stereocenters. The molecule has 0 saturated carbocycles. The molecule has 2 rings (SSSR count). The first-order valence-corrected chi connectivity index (χ1v) is 6.14. The molecular weight excluding hydrogens is 214 g/mol. The molecule has 0 aliphatic carbocycles. The van der Waals surface area contributed by atoms with Crippen LogP contribution in [0, 0.1) is 0 Å². The molecule has 0 spiro atoms. The summed E-state index contributed by atoms with van der Waals surface area (Å²) in [6.07, 6.45) is 2.06. The number of hydrogen-bond donors (Lipinski definition) is 1. The average Bonchev–Trinajstić information content (AvgIpc) is 2.28. The van der Waals surface area contributed by atoms with Gasteiger partial charge in [-0.2, -0.15) is 0 Å². The minimum atomic E-state index is -0.0298. The highest BCUT2D eigenvalue weighted by molar-refractivity contribution is 5.56. The largest absolute Gasteiger partial charge is 0.495 e. The summed E-state index contributed by atoms with van der Waals surface area (Å²) >= 11 is 0. The van der Waals surface area contributed by atoms with E-state index in [0.717, 1.165) is 30.9 Å². The Bertz CT molecular complexity index is 376. The number of anilines is 1. The smallest absolute Gasteiger partial charge is 0.141 e. The van der Waals surface area contributed by atoms with Crippen molar-refractivity contribution in [3.63, 3.8) is 0 Å². The van der Waals surface area contributed by atoms with Gasteiger partial charge in [0.1, 0.15) is 5.75 Å². The van der Waals surface area contributed by atoms with Crippen LogP contribution in [0.5, 0.6) is 5.75 Å². The zero-order valence-corrected chi connectivity index (χ0v) is 10.8. The molecule has 1 aliphatic rings. The molecule has 94 valence electrons. The molecule has 1 aromatic rings. The second-order valence-electron chi connectivity index (χ2n) is 5.14. The summed E-state index contributed by atoms with van der Waals surface area (Å²) in [5, 5.41) is 3.55. The maximum Gasteiger partial charge on any atom is 0.141 e. The minimum absolute atomic E-state index is 0.0298. The van der Waals surface area contributed by atoms with E-state index >= 15 is 0 Å². The Morgan fingerprint density at radius 3 is 2.82 bits per heavy atom. The van der Waals surface area contributed by atoms with E-state index in [1.807, 2.05) is 18.2 Å². The standard InChI is InChI=1S/C14H21NO2/c1-14(2)10-11(8-9-17-14)15-12-6-4-5-7-13(12)16-3/h4-7,11,15H,8-10H2,1-3H3. The minimum Gasteiger partial charge on any atom is -0.495 e. The molecule has 0 amide bonds. The number of para-hydroxylation sites is 2. The molecular formula is C14H21NO2. The molecule has 0 radical (unpaired) electrons. The van der Waals surface area contributed by atoms with Crippen LogP contribution in [-0.2, 0) is 4.74 Å². The highest BCUT2D eigenvalue weighted by Crippen LogP contribution is 2.29. The first-order chi connectivity index (χ1) is 8.11. The van der Waals surface area contributed by atoms with Crippen molar-refractivity contribution in [2.45, 2.75) is 38.3 Å². The van der Waals surface area contributed by atoms with Crippen LogP contribution >= 0.6 is 0 Å². The Morgan fingerprint density at radius 1 is 1.35 bits per heavy atom. The Hall–Kier alpha value is -1.22. The summed E-state index contributed by atoms with van der Waals surface area (Å²) in [5.41, 5.74) is 1.04. The van der Waals surface area contributed by atoms with Gasteiger partial charge in [-0.05, 0) is 38.8 Å². The molecule has 1 aromatic carbocycles. The molecule has 1 aliphatic heterocycles. The fraction of sp³-hybridized carbons (Fsp3) is 0.571. The number of hydrogen-bond acceptors (Lipinski definition) is 3. The van der Waals surface area contributed by atoms with Crippen LogP contribution in [0.1, 0.15) is 26.7 Å². The van der Waals surface area contributed by atoms with Gasteiger partial charge in [-0.3, -0.25) is 0 Å². The first-order valence-electron chi connectivity index (χ1n) is 6.14. The van der Waals surface area contributed by atoms with E-state index in [-0.39, 0.29) is 5.60 Å². The SMILES string of the molecule is COc1ccccc1NC1CCOC(C)(C)C1. The van der Waals surface area contributed by atoms with Crippen molar-refractivity contribution in [1.29, 1.82) is 0 Å². The molecule has 1 heterocycles. The van der Waals surface area contributed by atoms with Gasteiger partial charge in [0.15, 0.2) is 0 Å². The van der Waals surface area contributed by atoms with Gasteiger partial charge < -0.3 is 14.8 Å². The van der Waals surface area contributed by atoms with Gasteiger partial charge in [0.25, 0.3) is 0 Å². The van der Waals surface area contributed by atoms with Crippen LogP contribution < -0.4 is 10.1 Å². The summed E-state index contributed by atoms with van der Waals surface area (Å²) < 4.78 is 11.1. The van der Waals surface area contributed by atoms with E-state index in [4.69, 9.17) is 9.47 Å². The number of ether oxygens (including phenoxy) is 2. The Balaban J connectivity index is 2.05. The Kier molecular flexibility index (Phi) is 3.57. The summed E-state index contributed by atoms with van der Waals surface area (Å²) in [6.45, 7) is 5.10. The fourth-order valence-electron chi connectivity index (χ4n) is 2.34. The highest BCUT2D eigenvalue weighted by atomic mass is 16.5. The predicted octanol–water partition coefficient (Wildman–Crippen LogP) is 3.06. The van der Waals surface area contributed by atoms with Crippen molar-refractivity contribution in [1.82, 2.24) is 0 Å². The zero-order valence-electron chi connectivity index (χ0n) is 10.8. The fourth-order valence-corrected chi connectivity index (χ4v) is 2.34. The van der Waals surface area contributed by atoms with Crippen molar-refractivity contribution in [3.8, 4) is 5.75 Å². The van der Waals surface area contributed by atoms with Crippen LogP contribution in [0.2, 0.25) is 0 Å². The van der Waals surface area contributed by atoms with Gasteiger partial charge in [-0.1, -0.05) is 12.1 Å². The predicted molar refractivity (Wildman–Crippen MR) is 69.7 cm³/mol. The van der Waals surface area contributed by atoms with Gasteiger partial charge in [-0.25, -0.2) is 0 Å². The van der Waals surface area contributed by atoms with Crippen molar-refractivity contribution < 1.29 is 9.47 Å². The molecule has 0 aromatic heterocycles. The molecule has 1 N–H and O–H groups in total. The van der Waals surface area contributed by atoms with E-state index in [1.54, 1.807) is 7.11 Å². The van der Waals surface area contributed by atoms with Gasteiger partial charge in [-0.15, -0.1) is 0 Å². The second-order valence-corrected chi connectivity index (χ2v) is 5.14. The molecule has 17 heavy (non-hydrogen) atoms. The van der Waals surface area contributed by atoms with Crippen LogP contribution in [0.3, 0.4) is 0 Å². The number of benzene rings is 1. The van der Waals surface area contributed by atoms with Crippen molar-refractivity contribution in [2.75, 3.05) is 19.0 Å². The van der Waals surface area contributed by atoms with Crippen molar-refractivity contribution in [3.05, 3.63) is 24.3 Å². The summed E-state index contributed by atoms with van der Waals surface area (Å²) in [7, 11) is 1.70. The van der Waals surface area contributed by atoms with E-state index < -0.39 is 0 Å². The lowest BCUT2D eigenvalue weighted by Gasteiger charge is -2.36. The normalized spacial score (nSPS) is 23.1. The van der Waals surface area contributed by atoms with Gasteiger partial charge in [0.2, 0.25) is 0 Å². The Labute approximate surface area is 103 Å². The average molecular weight is 235 g/mol. The number of methoxy groups -OCH3 is 1. The van der Waals surface area contributed by atoms with Crippen LogP contribution in [0.15, 0.2) is 24.3 Å². The second kappa shape index (κ2) is 4.96. The monoisotopic (exact) mass is 235 g/mol. The van der Waals surface area contributed by atoms with Gasteiger partial charge in [0, 0.05) is 12.6 Å². The third kappa shape index (κ3) is 3.13. The number of rotatable bonds is 3. The molecule has 0 bridgehead atoms. The van der Waals surface area contributed by atoms with Crippen LogP contribution in [0.25, 0.3) is 0 Å². The molecule has 3 nitrogen and oxygen atoms in total. The van der Waals surface area contributed by atoms with E-state index in [2.05, 4.69) is 25.2 Å². The topological polar surface area (TPSA) is 30.5 Å². The van der Waals surface area contributed by atoms with Crippen molar-refractivity contribution >= 4 is 5.69 Å². The molecule has 1 atom stereocenters. The van der Waals surface area contributed by atoms with Gasteiger partial charge in [0.05, 0.1) is 18.4 Å². The molecule has 3 heteroatoms. The summed E-state index contributed by atoms with van der Waals surface area (Å²) in [5.74, 6) is 0.900. The molecule has 1 saturated heterocycles. The van der Waals surface area contributed by atoms with Gasteiger partial charge >= 0.3 is 0 Å². The lowest BCUT2D eigenvalue weighted by Crippen LogP contribution is -2.40. The third-order valence-corrected chi connectivity index (χ3v) is 3.16. The van der Waals surface area contributed by atoms with Crippen LogP contribution in [-0.4, -0.2) is 25.4 Å². The lowest BCUT2D eigenvalue weighted by molar-refractivity contribution is -0.0553.